The van der Waals surface area contributed by atoms with E-state index in [0.29, 0.717) is 16.8 Å². The van der Waals surface area contributed by atoms with Gasteiger partial charge in [0, 0.05) is 16.8 Å². The molecule has 0 radical (unpaired) electrons. The molecule has 7 rings (SSSR count). The first-order valence-corrected chi connectivity index (χ1v) is 13.5. The molecule has 0 bridgehead atoms. The van der Waals surface area contributed by atoms with Gasteiger partial charge in [0.05, 0.1) is 23.6 Å². The maximum absolute atomic E-state index is 14.7. The lowest BCUT2D eigenvalue weighted by atomic mass is 9.89. The number of benzene rings is 4. The molecule has 206 valence electrons. The summed E-state index contributed by atoms with van der Waals surface area (Å²) in [6, 6.07) is 26.3. The van der Waals surface area contributed by atoms with Crippen molar-refractivity contribution in [1.82, 2.24) is 0 Å². The summed E-state index contributed by atoms with van der Waals surface area (Å²) in [4.78, 5) is 57.0. The minimum Gasteiger partial charge on any atom is -0.425 e. The maximum atomic E-state index is 14.7. The van der Waals surface area contributed by atoms with Gasteiger partial charge in [-0.3, -0.25) is 14.4 Å². The van der Waals surface area contributed by atoms with Crippen LogP contribution < -0.4 is 14.5 Å². The van der Waals surface area contributed by atoms with E-state index in [1.54, 1.807) is 47.4 Å². The number of rotatable bonds is 5. The van der Waals surface area contributed by atoms with E-state index in [2.05, 4.69) is 0 Å². The van der Waals surface area contributed by atoms with Crippen LogP contribution in [0.5, 0.6) is 5.75 Å². The monoisotopic (exact) mass is 558 g/mol. The van der Waals surface area contributed by atoms with Gasteiger partial charge < -0.3 is 9.64 Å². The second-order valence-electron chi connectivity index (χ2n) is 10.4. The van der Waals surface area contributed by atoms with E-state index in [-0.39, 0.29) is 17.2 Å². The highest BCUT2D eigenvalue weighted by molar-refractivity contribution is 6.24. The third kappa shape index (κ3) is 3.95. The fourth-order valence-corrected chi connectivity index (χ4v) is 6.26. The second-order valence-corrected chi connectivity index (χ2v) is 10.4. The van der Waals surface area contributed by atoms with Crippen LogP contribution in [0.3, 0.4) is 0 Å². The van der Waals surface area contributed by atoms with Crippen LogP contribution in [0.15, 0.2) is 109 Å². The zero-order valence-electron chi connectivity index (χ0n) is 22.1. The van der Waals surface area contributed by atoms with E-state index >= 15 is 0 Å². The summed E-state index contributed by atoms with van der Waals surface area (Å²) >= 11 is 0. The van der Waals surface area contributed by atoms with Crippen molar-refractivity contribution in [2.24, 2.45) is 11.8 Å². The average Bonchev–Trinajstić information content (AvgIpc) is 3.50. The van der Waals surface area contributed by atoms with Crippen LogP contribution in [0.4, 0.5) is 15.8 Å². The summed E-state index contributed by atoms with van der Waals surface area (Å²) in [5.41, 5.74) is 2.35. The fraction of sp³-hybridized carbons (Fsp3) is 0.118. The van der Waals surface area contributed by atoms with Crippen molar-refractivity contribution in [3.63, 3.8) is 0 Å². The van der Waals surface area contributed by atoms with Gasteiger partial charge in [0.25, 0.3) is 0 Å². The Kier molecular flexibility index (Phi) is 6.04. The summed E-state index contributed by atoms with van der Waals surface area (Å²) in [7, 11) is 0. The number of anilines is 2. The molecule has 3 aliphatic heterocycles. The van der Waals surface area contributed by atoms with Crippen molar-refractivity contribution in [2.75, 3.05) is 9.80 Å². The number of carbonyl (C=O) groups excluding carboxylic acids is 4. The van der Waals surface area contributed by atoms with Crippen molar-refractivity contribution < 1.29 is 28.3 Å². The topological polar surface area (TPSA) is 84.0 Å². The van der Waals surface area contributed by atoms with Crippen LogP contribution in [0.25, 0.3) is 6.08 Å². The average molecular weight is 559 g/mol. The molecule has 0 saturated carbocycles. The van der Waals surface area contributed by atoms with Gasteiger partial charge in [-0.25, -0.2) is 14.1 Å². The van der Waals surface area contributed by atoms with Gasteiger partial charge in [-0.1, -0.05) is 72.8 Å². The lowest BCUT2D eigenvalue weighted by molar-refractivity contribution is -0.139. The van der Waals surface area contributed by atoms with Crippen LogP contribution in [-0.2, 0) is 14.4 Å². The zero-order valence-corrected chi connectivity index (χ0v) is 22.1. The van der Waals surface area contributed by atoms with E-state index in [1.165, 1.54) is 30.3 Å². The number of nitrogens with zero attached hydrogens (tertiary/aromatic N) is 2. The van der Waals surface area contributed by atoms with E-state index in [0.717, 1.165) is 10.5 Å². The number of carbonyl (C=O) groups is 4. The summed E-state index contributed by atoms with van der Waals surface area (Å²) in [6.45, 7) is 0. The zero-order chi connectivity index (χ0) is 29.0. The third-order valence-corrected chi connectivity index (χ3v) is 8.12. The van der Waals surface area contributed by atoms with Crippen molar-refractivity contribution >= 4 is 41.0 Å². The number of imide groups is 1. The molecule has 2 fully saturated rings. The number of fused-ring (bicyclic) bond motifs is 5. The normalized spacial score (nSPS) is 22.0. The molecule has 0 spiro atoms. The molecule has 0 unspecified atom stereocenters. The molecule has 42 heavy (non-hydrogen) atoms. The molecule has 4 aromatic rings. The summed E-state index contributed by atoms with van der Waals surface area (Å²) in [5.74, 6) is -4.63. The van der Waals surface area contributed by atoms with Crippen LogP contribution in [0, 0.1) is 17.7 Å². The molecule has 4 atom stereocenters. The Bertz CT molecular complexity index is 1790. The van der Waals surface area contributed by atoms with Crippen molar-refractivity contribution in [3.8, 4) is 5.75 Å². The molecule has 0 N–H and O–H groups in total. The van der Waals surface area contributed by atoms with Crippen LogP contribution in [0.2, 0.25) is 0 Å². The van der Waals surface area contributed by atoms with Gasteiger partial charge >= 0.3 is 5.97 Å². The lowest BCUT2D eigenvalue weighted by Crippen LogP contribution is -2.50. The van der Waals surface area contributed by atoms with Crippen molar-refractivity contribution in [1.29, 1.82) is 0 Å². The largest absolute Gasteiger partial charge is 0.425 e. The van der Waals surface area contributed by atoms with Gasteiger partial charge in [0.1, 0.15) is 17.6 Å². The predicted molar refractivity (Wildman–Crippen MR) is 153 cm³/mol. The van der Waals surface area contributed by atoms with Gasteiger partial charge in [-0.2, -0.15) is 0 Å². The smallest absolute Gasteiger partial charge is 0.335 e. The number of hydrogen-bond donors (Lipinski definition) is 0. The number of halogens is 1. The number of hydrogen-bond acceptors (Lipinski definition) is 6. The predicted octanol–water partition coefficient (Wildman–Crippen LogP) is 5.05. The number of para-hydroxylation sites is 2. The molecule has 3 heterocycles. The molecule has 0 aromatic heterocycles. The van der Waals surface area contributed by atoms with Crippen molar-refractivity contribution in [2.45, 2.75) is 12.1 Å². The Morgan fingerprint density at radius 3 is 2.05 bits per heavy atom. The highest BCUT2D eigenvalue weighted by Gasteiger charge is 2.65. The summed E-state index contributed by atoms with van der Waals surface area (Å²) in [5, 5.41) is 0. The first kappa shape index (κ1) is 25.6. The van der Waals surface area contributed by atoms with E-state index in [1.807, 2.05) is 42.5 Å². The minimum absolute atomic E-state index is 0.139. The maximum Gasteiger partial charge on any atom is 0.335 e. The van der Waals surface area contributed by atoms with Crippen molar-refractivity contribution in [3.05, 3.63) is 132 Å². The standard InChI is InChI=1S/C34H23FN2O5/c35-24-11-5-7-13-26(24)37-32(39)28-27-19-16-20-8-4-6-12-25(20)36(27)30(29(28)33(37)40)34(41)42-23-17-14-22(15-18-23)31(38)21-9-2-1-3-10-21/h1-19,27-30H/t27-,28-,29+,30-/m0/s1. The Balaban J connectivity index is 1.23. The molecule has 2 saturated heterocycles. The van der Waals surface area contributed by atoms with Gasteiger partial charge in [-0.15, -0.1) is 0 Å². The molecule has 3 aliphatic rings. The van der Waals surface area contributed by atoms with Crippen LogP contribution in [-0.4, -0.2) is 35.7 Å². The van der Waals surface area contributed by atoms with E-state index in [9.17, 15) is 23.6 Å². The first-order chi connectivity index (χ1) is 20.4. The number of esters is 1. The Labute approximate surface area is 240 Å². The molecule has 0 aliphatic carbocycles. The number of ether oxygens (including phenoxy) is 1. The number of ketones is 1. The van der Waals surface area contributed by atoms with Gasteiger partial charge in [-0.05, 0) is 48.0 Å². The molecule has 7 nitrogen and oxygen atoms in total. The van der Waals surface area contributed by atoms with E-state index < -0.39 is 47.5 Å². The van der Waals surface area contributed by atoms with Gasteiger partial charge in [0.15, 0.2) is 5.78 Å². The molecule has 8 heteroatoms. The highest BCUT2D eigenvalue weighted by Crippen LogP contribution is 2.49. The molecule has 4 aromatic carbocycles. The fourth-order valence-electron chi connectivity index (χ4n) is 6.26. The summed E-state index contributed by atoms with van der Waals surface area (Å²) < 4.78 is 20.5. The summed E-state index contributed by atoms with van der Waals surface area (Å²) in [6.07, 6.45) is 3.68. The van der Waals surface area contributed by atoms with Crippen LogP contribution >= 0.6 is 0 Å². The third-order valence-electron chi connectivity index (χ3n) is 8.12. The second kappa shape index (κ2) is 9.92. The van der Waals surface area contributed by atoms with Gasteiger partial charge in [0.2, 0.25) is 11.8 Å². The first-order valence-electron chi connectivity index (χ1n) is 13.5. The van der Waals surface area contributed by atoms with E-state index in [4.69, 9.17) is 4.74 Å². The molecular weight excluding hydrogens is 535 g/mol. The lowest BCUT2D eigenvalue weighted by Gasteiger charge is -2.36. The molecule has 2 amide bonds. The minimum atomic E-state index is -1.15. The Hall–Kier alpha value is -5.37. The number of amides is 2. The molecular formula is C34H23FN2O5. The Morgan fingerprint density at radius 2 is 1.31 bits per heavy atom. The Morgan fingerprint density at radius 1 is 0.690 bits per heavy atom. The highest BCUT2D eigenvalue weighted by atomic mass is 19.1. The van der Waals surface area contributed by atoms with Crippen LogP contribution in [0.1, 0.15) is 21.5 Å². The quantitative estimate of drug-likeness (QED) is 0.148. The SMILES string of the molecule is O=C(c1ccccc1)c1ccc(OC(=O)[C@@H]2[C@@H]3C(=O)N(c4ccccc4F)C(=O)[C@H]3[C@@H]3C=Cc4ccccc4N23)cc1.